The van der Waals surface area contributed by atoms with Gasteiger partial charge < -0.3 is 4.42 Å². The van der Waals surface area contributed by atoms with Crippen molar-refractivity contribution in [3.8, 4) is 0 Å². The molecule has 0 amide bonds. The van der Waals surface area contributed by atoms with E-state index in [0.29, 0.717) is 0 Å². The van der Waals surface area contributed by atoms with Crippen LogP contribution in [0.15, 0.2) is 9.21 Å². The minimum Gasteiger partial charge on any atom is -0.408 e. The lowest BCUT2D eigenvalue weighted by molar-refractivity contribution is 0.481. The Morgan fingerprint density at radius 2 is 2.45 bits per heavy atom. The number of aromatic nitrogens is 1. The van der Waals surface area contributed by atoms with Gasteiger partial charge in [-0.2, -0.15) is 0 Å². The van der Waals surface area contributed by atoms with E-state index in [1.54, 1.807) is 0 Å². The normalized spacial score (nSPS) is 15.9. The van der Waals surface area contributed by atoms with Crippen molar-refractivity contribution in [1.29, 1.82) is 0 Å². The number of hydrogen-bond acceptors (Lipinski definition) is 2. The first-order chi connectivity index (χ1) is 5.27. The van der Waals surface area contributed by atoms with Crippen molar-refractivity contribution in [3.63, 3.8) is 0 Å². The highest BCUT2D eigenvalue weighted by atomic mass is 16.4. The van der Waals surface area contributed by atoms with Gasteiger partial charge >= 0.3 is 5.76 Å². The average Bonchev–Trinajstić information content (AvgIpc) is 2.31. The minimum atomic E-state index is -0.354. The molecule has 1 aromatic rings. The predicted molar refractivity (Wildman–Crippen MR) is 41.4 cm³/mol. The van der Waals surface area contributed by atoms with Crippen molar-refractivity contribution in [2.75, 3.05) is 0 Å². The Labute approximate surface area is 63.0 Å². The largest absolute Gasteiger partial charge is 0.417 e. The lowest BCUT2D eigenvalue weighted by atomic mass is 10.1. The SMILES string of the molecule is CC1=c2oc(=O)[nH]c2=CCC1. The van der Waals surface area contributed by atoms with E-state index in [4.69, 9.17) is 4.42 Å². The van der Waals surface area contributed by atoms with Crippen molar-refractivity contribution in [3.05, 3.63) is 21.3 Å². The minimum absolute atomic E-state index is 0.354. The summed E-state index contributed by atoms with van der Waals surface area (Å²) in [4.78, 5) is 13.4. The molecule has 11 heavy (non-hydrogen) atoms. The molecule has 2 rings (SSSR count). The van der Waals surface area contributed by atoms with Gasteiger partial charge in [0.2, 0.25) is 0 Å². The van der Waals surface area contributed by atoms with Crippen molar-refractivity contribution < 1.29 is 4.42 Å². The van der Waals surface area contributed by atoms with E-state index in [2.05, 4.69) is 4.98 Å². The Balaban J connectivity index is 2.99. The van der Waals surface area contributed by atoms with E-state index in [1.807, 2.05) is 13.0 Å². The summed E-state index contributed by atoms with van der Waals surface area (Å²) in [5.74, 6) is -0.354. The van der Waals surface area contributed by atoms with Gasteiger partial charge in [-0.3, -0.25) is 4.98 Å². The molecule has 0 saturated heterocycles. The fraction of sp³-hybridized carbons (Fsp3) is 0.375. The second-order valence-electron chi connectivity index (χ2n) is 2.78. The first-order valence-electron chi connectivity index (χ1n) is 3.66. The molecular weight excluding hydrogens is 142 g/mol. The third-order valence-electron chi connectivity index (χ3n) is 1.93. The van der Waals surface area contributed by atoms with E-state index >= 15 is 0 Å². The van der Waals surface area contributed by atoms with Crippen LogP contribution in [0, 0.1) is 0 Å². The maximum atomic E-state index is 10.7. The third kappa shape index (κ3) is 0.926. The zero-order valence-electron chi connectivity index (χ0n) is 6.31. The monoisotopic (exact) mass is 151 g/mol. The van der Waals surface area contributed by atoms with Gasteiger partial charge in [-0.25, -0.2) is 4.79 Å². The molecule has 1 N–H and O–H groups in total. The lowest BCUT2D eigenvalue weighted by Gasteiger charge is -1.98. The number of rotatable bonds is 0. The Bertz CT molecular complexity index is 435. The summed E-state index contributed by atoms with van der Waals surface area (Å²) in [7, 11) is 0. The Hall–Kier alpha value is -1.25. The van der Waals surface area contributed by atoms with E-state index in [0.717, 1.165) is 29.2 Å². The summed E-state index contributed by atoms with van der Waals surface area (Å²) >= 11 is 0. The van der Waals surface area contributed by atoms with Gasteiger partial charge in [0, 0.05) is 0 Å². The predicted octanol–water partition coefficient (Wildman–Crippen LogP) is -0.287. The second kappa shape index (κ2) is 2.12. The van der Waals surface area contributed by atoms with Crippen molar-refractivity contribution in [2.45, 2.75) is 19.8 Å². The van der Waals surface area contributed by atoms with E-state index in [9.17, 15) is 4.79 Å². The van der Waals surface area contributed by atoms with E-state index < -0.39 is 0 Å². The zero-order valence-corrected chi connectivity index (χ0v) is 6.31. The zero-order chi connectivity index (χ0) is 7.84. The molecule has 58 valence electrons. The van der Waals surface area contributed by atoms with Crippen LogP contribution in [-0.4, -0.2) is 4.98 Å². The van der Waals surface area contributed by atoms with Crippen LogP contribution in [0.25, 0.3) is 11.6 Å². The fourth-order valence-electron chi connectivity index (χ4n) is 1.35. The number of nitrogens with one attached hydrogen (secondary N) is 1. The summed E-state index contributed by atoms with van der Waals surface area (Å²) in [6.45, 7) is 1.99. The van der Waals surface area contributed by atoms with Crippen molar-refractivity contribution >= 4 is 11.6 Å². The molecule has 1 aliphatic rings. The Kier molecular flexibility index (Phi) is 1.24. The van der Waals surface area contributed by atoms with Crippen molar-refractivity contribution in [2.24, 2.45) is 0 Å². The number of oxazole rings is 1. The molecule has 0 aromatic carbocycles. The molecule has 0 unspecified atom stereocenters. The molecule has 1 heterocycles. The number of H-pyrrole nitrogens is 1. The summed E-state index contributed by atoms with van der Waals surface area (Å²) in [6, 6.07) is 0. The van der Waals surface area contributed by atoms with E-state index in [-0.39, 0.29) is 5.76 Å². The fourth-order valence-corrected chi connectivity index (χ4v) is 1.35. The molecule has 0 spiro atoms. The molecule has 0 fully saturated rings. The number of hydrogen-bond donors (Lipinski definition) is 1. The quantitative estimate of drug-likeness (QED) is 0.554. The Morgan fingerprint density at radius 3 is 3.18 bits per heavy atom. The number of fused-ring (bicyclic) bond motifs is 1. The molecule has 0 saturated carbocycles. The van der Waals surface area contributed by atoms with Crippen LogP contribution in [0.4, 0.5) is 0 Å². The number of aromatic amines is 1. The molecule has 0 atom stereocenters. The van der Waals surface area contributed by atoms with Crippen LogP contribution in [0.5, 0.6) is 0 Å². The molecule has 3 heteroatoms. The Morgan fingerprint density at radius 1 is 1.64 bits per heavy atom. The van der Waals surface area contributed by atoms with Gasteiger partial charge in [-0.05, 0) is 25.3 Å². The molecule has 0 radical (unpaired) electrons. The van der Waals surface area contributed by atoms with Gasteiger partial charge in [0.15, 0.2) is 5.42 Å². The van der Waals surface area contributed by atoms with Crippen LogP contribution in [-0.2, 0) is 0 Å². The van der Waals surface area contributed by atoms with Gasteiger partial charge in [0.05, 0.1) is 5.35 Å². The van der Waals surface area contributed by atoms with E-state index in [1.165, 1.54) is 0 Å². The van der Waals surface area contributed by atoms with Gasteiger partial charge in [-0.1, -0.05) is 6.08 Å². The first-order valence-corrected chi connectivity index (χ1v) is 3.66. The second-order valence-corrected chi connectivity index (χ2v) is 2.78. The van der Waals surface area contributed by atoms with Crippen LogP contribution in [0.2, 0.25) is 0 Å². The first kappa shape index (κ1) is 6.46. The lowest BCUT2D eigenvalue weighted by Crippen LogP contribution is -2.26. The standard InChI is InChI=1S/C8H9NO2/c1-5-3-2-4-6-7(5)11-8(10)9-6/h4H,2-3H2,1H3,(H,9,10). The van der Waals surface area contributed by atoms with Crippen LogP contribution in [0.3, 0.4) is 0 Å². The van der Waals surface area contributed by atoms with Crippen LogP contribution in [0.1, 0.15) is 19.8 Å². The maximum absolute atomic E-state index is 10.7. The third-order valence-corrected chi connectivity index (χ3v) is 1.93. The summed E-state index contributed by atoms with van der Waals surface area (Å²) < 4.78 is 4.94. The molecule has 0 aliphatic heterocycles. The topological polar surface area (TPSA) is 46.0 Å². The highest BCUT2D eigenvalue weighted by Gasteiger charge is 2.03. The summed E-state index contributed by atoms with van der Waals surface area (Å²) in [6.07, 6.45) is 3.98. The van der Waals surface area contributed by atoms with Crippen LogP contribution >= 0.6 is 0 Å². The van der Waals surface area contributed by atoms with Gasteiger partial charge in [-0.15, -0.1) is 0 Å². The molecule has 1 aromatic heterocycles. The summed E-state index contributed by atoms with van der Waals surface area (Å²) in [5, 5.41) is 0.846. The van der Waals surface area contributed by atoms with Crippen LogP contribution < -0.4 is 16.5 Å². The molecule has 1 aliphatic carbocycles. The summed E-state index contributed by atoms with van der Waals surface area (Å²) in [5.41, 5.74) is 1.89. The highest BCUT2D eigenvalue weighted by Crippen LogP contribution is 2.04. The smallest absolute Gasteiger partial charge is 0.408 e. The maximum Gasteiger partial charge on any atom is 0.417 e. The van der Waals surface area contributed by atoms with Gasteiger partial charge in [0.1, 0.15) is 0 Å². The van der Waals surface area contributed by atoms with Crippen molar-refractivity contribution in [1.82, 2.24) is 4.98 Å². The molecule has 0 bridgehead atoms. The molecular formula is C8H9NO2. The molecule has 3 nitrogen and oxygen atoms in total. The highest BCUT2D eigenvalue weighted by molar-refractivity contribution is 5.44. The average molecular weight is 151 g/mol. The van der Waals surface area contributed by atoms with Gasteiger partial charge in [0.25, 0.3) is 0 Å².